The van der Waals surface area contributed by atoms with Gasteiger partial charge in [0.25, 0.3) is 5.91 Å². The molecule has 0 saturated carbocycles. The second-order valence-corrected chi connectivity index (χ2v) is 7.90. The van der Waals surface area contributed by atoms with E-state index in [1.54, 1.807) is 12.0 Å². The van der Waals surface area contributed by atoms with E-state index in [-0.39, 0.29) is 11.7 Å². The highest BCUT2D eigenvalue weighted by atomic mass is 32.2. The Labute approximate surface area is 137 Å². The van der Waals surface area contributed by atoms with Gasteiger partial charge in [-0.25, -0.2) is 8.42 Å². The van der Waals surface area contributed by atoms with Crippen molar-refractivity contribution in [2.45, 2.75) is 13.3 Å². The normalized spacial score (nSPS) is 16.7. The lowest BCUT2D eigenvalue weighted by atomic mass is 10.2. The second-order valence-electron chi connectivity index (χ2n) is 5.81. The molecule has 1 saturated heterocycles. The van der Waals surface area contributed by atoms with Crippen LogP contribution in [0.3, 0.4) is 0 Å². The Balaban J connectivity index is 1.95. The van der Waals surface area contributed by atoms with Crippen LogP contribution >= 0.6 is 0 Å². The van der Waals surface area contributed by atoms with E-state index < -0.39 is 10.0 Å². The summed E-state index contributed by atoms with van der Waals surface area (Å²) in [5.41, 5.74) is 1.61. The Hall–Kier alpha value is -1.38. The second kappa shape index (κ2) is 7.46. The average molecular weight is 343 g/mol. The van der Waals surface area contributed by atoms with Crippen LogP contribution in [0.4, 0.5) is 0 Å². The van der Waals surface area contributed by atoms with Gasteiger partial charge >= 0.3 is 0 Å². The van der Waals surface area contributed by atoms with Gasteiger partial charge in [-0.3, -0.25) is 4.79 Å². The van der Waals surface area contributed by atoms with Crippen molar-refractivity contribution in [3.05, 3.63) is 23.5 Å². The summed E-state index contributed by atoms with van der Waals surface area (Å²) in [6.07, 6.45) is 2.35. The summed E-state index contributed by atoms with van der Waals surface area (Å²) in [7, 11) is 0.137. The van der Waals surface area contributed by atoms with Crippen molar-refractivity contribution in [3.8, 4) is 0 Å². The molecule has 0 bridgehead atoms. The largest absolute Gasteiger partial charge is 0.385 e. The highest BCUT2D eigenvalue weighted by molar-refractivity contribution is 7.89. The first-order valence-corrected chi connectivity index (χ1v) is 9.35. The number of carbonyl (C=O) groups excluding carboxylic acids is 1. The van der Waals surface area contributed by atoms with Gasteiger partial charge in [0.15, 0.2) is 0 Å². The molecule has 1 aliphatic rings. The third kappa shape index (κ3) is 4.13. The summed E-state index contributed by atoms with van der Waals surface area (Å²) in [5, 5.41) is 0. The number of nitrogens with zero attached hydrogens (tertiary/aromatic N) is 3. The van der Waals surface area contributed by atoms with Crippen molar-refractivity contribution >= 4 is 15.9 Å². The highest BCUT2D eigenvalue weighted by Crippen LogP contribution is 2.15. The number of methoxy groups -OCH3 is 1. The van der Waals surface area contributed by atoms with Crippen molar-refractivity contribution in [1.29, 1.82) is 0 Å². The molecular formula is C15H25N3O4S. The van der Waals surface area contributed by atoms with Crippen LogP contribution < -0.4 is 0 Å². The maximum absolute atomic E-state index is 12.6. The van der Waals surface area contributed by atoms with Crippen LogP contribution in [0.15, 0.2) is 12.3 Å². The van der Waals surface area contributed by atoms with Crippen LogP contribution in [0.1, 0.15) is 22.5 Å². The smallest absolute Gasteiger partial charge is 0.270 e. The molecule has 23 heavy (non-hydrogen) atoms. The Morgan fingerprint density at radius 3 is 2.43 bits per heavy atom. The molecule has 1 amide bonds. The number of rotatable bonds is 6. The lowest BCUT2D eigenvalue weighted by Gasteiger charge is -2.34. The van der Waals surface area contributed by atoms with Gasteiger partial charge in [-0.1, -0.05) is 0 Å². The first-order valence-electron chi connectivity index (χ1n) is 7.75. The molecule has 0 atom stereocenters. The molecule has 8 heteroatoms. The number of piperazine rings is 1. The minimum atomic E-state index is -3.26. The molecule has 2 rings (SSSR count). The van der Waals surface area contributed by atoms with E-state index in [1.807, 2.05) is 30.8 Å². The summed E-state index contributed by atoms with van der Waals surface area (Å²) < 4.78 is 32.7. The quantitative estimate of drug-likeness (QED) is 0.704. The van der Waals surface area contributed by atoms with E-state index in [2.05, 4.69) is 0 Å². The number of aromatic nitrogens is 1. The molecule has 0 radical (unpaired) electrons. The maximum Gasteiger partial charge on any atom is 0.270 e. The van der Waals surface area contributed by atoms with Crippen molar-refractivity contribution < 1.29 is 17.9 Å². The molecule has 0 spiro atoms. The number of hydrogen-bond donors (Lipinski definition) is 0. The number of aryl methyl sites for hydroxylation is 2. The lowest BCUT2D eigenvalue weighted by molar-refractivity contribution is 0.0687. The van der Waals surface area contributed by atoms with Gasteiger partial charge in [-0.05, 0) is 25.0 Å². The number of ether oxygens (including phenoxy) is 1. The van der Waals surface area contributed by atoms with E-state index in [0.717, 1.165) is 5.56 Å². The van der Waals surface area contributed by atoms with E-state index >= 15 is 0 Å². The molecule has 130 valence electrons. The Bertz CT molecular complexity index is 626. The summed E-state index contributed by atoms with van der Waals surface area (Å²) in [6.45, 7) is 3.89. The third-order valence-corrected chi connectivity index (χ3v) is 6.10. The van der Waals surface area contributed by atoms with Crippen LogP contribution in [-0.4, -0.2) is 73.7 Å². The van der Waals surface area contributed by atoms with Crippen LogP contribution in [0.5, 0.6) is 0 Å². The highest BCUT2D eigenvalue weighted by Gasteiger charge is 2.30. The van der Waals surface area contributed by atoms with Crippen molar-refractivity contribution in [3.63, 3.8) is 0 Å². The zero-order valence-corrected chi connectivity index (χ0v) is 14.8. The van der Waals surface area contributed by atoms with Gasteiger partial charge in [0.05, 0.1) is 5.75 Å². The van der Waals surface area contributed by atoms with Gasteiger partial charge in [0.1, 0.15) is 5.69 Å². The topological polar surface area (TPSA) is 71.9 Å². The zero-order chi connectivity index (χ0) is 17.0. The van der Waals surface area contributed by atoms with Crippen molar-refractivity contribution in [1.82, 2.24) is 13.8 Å². The fourth-order valence-electron chi connectivity index (χ4n) is 2.81. The van der Waals surface area contributed by atoms with Crippen LogP contribution in [0.2, 0.25) is 0 Å². The monoisotopic (exact) mass is 343 g/mol. The van der Waals surface area contributed by atoms with Crippen molar-refractivity contribution in [2.75, 3.05) is 45.6 Å². The summed E-state index contributed by atoms with van der Waals surface area (Å²) in [4.78, 5) is 14.3. The fourth-order valence-corrected chi connectivity index (χ4v) is 4.27. The molecule has 0 aliphatic carbocycles. The molecule has 0 N–H and O–H groups in total. The predicted molar refractivity (Wildman–Crippen MR) is 87.9 cm³/mol. The summed E-state index contributed by atoms with van der Waals surface area (Å²) >= 11 is 0. The maximum atomic E-state index is 12.6. The van der Waals surface area contributed by atoms with Gasteiger partial charge in [0.2, 0.25) is 10.0 Å². The zero-order valence-electron chi connectivity index (χ0n) is 14.0. The predicted octanol–water partition coefficient (Wildman–Crippen LogP) is 0.458. The Morgan fingerprint density at radius 1 is 1.26 bits per heavy atom. The van der Waals surface area contributed by atoms with Gasteiger partial charge in [-0.2, -0.15) is 4.31 Å². The number of sulfonamides is 1. The van der Waals surface area contributed by atoms with E-state index in [9.17, 15) is 13.2 Å². The average Bonchev–Trinajstić information content (AvgIpc) is 2.86. The van der Waals surface area contributed by atoms with Gasteiger partial charge in [0, 0.05) is 53.1 Å². The first-order chi connectivity index (χ1) is 10.9. The molecule has 1 aliphatic heterocycles. The Kier molecular flexibility index (Phi) is 5.83. The lowest BCUT2D eigenvalue weighted by Crippen LogP contribution is -2.51. The number of carbonyl (C=O) groups is 1. The van der Waals surface area contributed by atoms with Gasteiger partial charge < -0.3 is 14.2 Å². The van der Waals surface area contributed by atoms with Crippen LogP contribution in [-0.2, 0) is 21.8 Å². The Morgan fingerprint density at radius 2 is 1.91 bits per heavy atom. The standard InChI is InChI=1S/C15H25N3O4S/c1-13-5-6-16(2)14(13)15(19)17-7-9-18(10-8-17)23(20,21)12-4-11-22-3/h5-6H,4,7-12H2,1-3H3. The number of hydrogen-bond acceptors (Lipinski definition) is 4. The summed E-state index contributed by atoms with van der Waals surface area (Å²) in [6, 6.07) is 1.91. The van der Waals surface area contributed by atoms with Crippen molar-refractivity contribution in [2.24, 2.45) is 7.05 Å². The minimum Gasteiger partial charge on any atom is -0.385 e. The molecule has 1 aromatic rings. The minimum absolute atomic E-state index is 0.0357. The number of amides is 1. The molecule has 2 heterocycles. The summed E-state index contributed by atoms with van der Waals surface area (Å²) in [5.74, 6) is 0.0533. The molecule has 0 aromatic carbocycles. The van der Waals surface area contributed by atoms with Crippen LogP contribution in [0, 0.1) is 6.92 Å². The SMILES string of the molecule is COCCCS(=O)(=O)N1CCN(C(=O)c2c(C)ccn2C)CC1. The molecule has 0 unspecified atom stereocenters. The third-order valence-electron chi connectivity index (χ3n) is 4.15. The first kappa shape index (κ1) is 18.0. The van der Waals surface area contributed by atoms with E-state index in [0.29, 0.717) is 44.9 Å². The molecule has 7 nitrogen and oxygen atoms in total. The van der Waals surface area contributed by atoms with E-state index in [4.69, 9.17) is 4.74 Å². The van der Waals surface area contributed by atoms with E-state index in [1.165, 1.54) is 4.31 Å². The molecular weight excluding hydrogens is 318 g/mol. The molecule has 1 fully saturated rings. The van der Waals surface area contributed by atoms with Gasteiger partial charge in [-0.15, -0.1) is 0 Å². The molecule has 1 aromatic heterocycles. The van der Waals surface area contributed by atoms with Crippen LogP contribution in [0.25, 0.3) is 0 Å². The fraction of sp³-hybridized carbons (Fsp3) is 0.667.